The topological polar surface area (TPSA) is 29.5 Å². The van der Waals surface area contributed by atoms with Gasteiger partial charge in [0, 0.05) is 12.8 Å². The Labute approximate surface area is 79.3 Å². The van der Waals surface area contributed by atoms with Gasteiger partial charge < -0.3 is 9.84 Å². The molecule has 0 aromatic heterocycles. The molecule has 0 radical (unpaired) electrons. The van der Waals surface area contributed by atoms with Crippen molar-refractivity contribution in [1.29, 1.82) is 0 Å². The maximum atomic E-state index is 10.1. The maximum Gasteiger partial charge on any atom is 0.166 e. The van der Waals surface area contributed by atoms with Crippen LogP contribution in [0.15, 0.2) is 0 Å². The third-order valence-corrected chi connectivity index (χ3v) is 4.35. The van der Waals surface area contributed by atoms with Crippen molar-refractivity contribution < 1.29 is 9.84 Å². The van der Waals surface area contributed by atoms with Gasteiger partial charge in [-0.3, -0.25) is 0 Å². The van der Waals surface area contributed by atoms with Gasteiger partial charge in [0.15, 0.2) is 5.79 Å². The van der Waals surface area contributed by atoms with Gasteiger partial charge in [-0.05, 0) is 38.0 Å². The van der Waals surface area contributed by atoms with E-state index < -0.39 is 5.79 Å². The summed E-state index contributed by atoms with van der Waals surface area (Å²) in [5.41, 5.74) is 0.102. The van der Waals surface area contributed by atoms with Crippen LogP contribution in [-0.2, 0) is 4.74 Å². The predicted molar refractivity (Wildman–Crippen MR) is 49.2 cm³/mol. The molecule has 1 spiro atoms. The van der Waals surface area contributed by atoms with Crippen LogP contribution >= 0.6 is 0 Å². The van der Waals surface area contributed by atoms with Crippen molar-refractivity contribution in [1.82, 2.24) is 0 Å². The van der Waals surface area contributed by atoms with Gasteiger partial charge in [-0.1, -0.05) is 6.42 Å². The molecule has 13 heavy (non-hydrogen) atoms. The molecule has 3 atom stereocenters. The molecular formula is C11H18O2. The van der Waals surface area contributed by atoms with Crippen molar-refractivity contribution in [3.8, 4) is 0 Å². The minimum absolute atomic E-state index is 0.102. The molecule has 2 bridgehead atoms. The van der Waals surface area contributed by atoms with E-state index in [1.165, 1.54) is 25.7 Å². The van der Waals surface area contributed by atoms with Crippen molar-refractivity contribution in [2.45, 2.75) is 62.8 Å². The first-order valence-electron chi connectivity index (χ1n) is 5.65. The first-order valence-corrected chi connectivity index (χ1v) is 5.65. The summed E-state index contributed by atoms with van der Waals surface area (Å²) in [6, 6.07) is 0. The molecule has 2 heterocycles. The van der Waals surface area contributed by atoms with E-state index in [9.17, 15) is 5.11 Å². The van der Waals surface area contributed by atoms with Crippen molar-refractivity contribution in [3.63, 3.8) is 0 Å². The van der Waals surface area contributed by atoms with Crippen molar-refractivity contribution in [2.24, 2.45) is 5.92 Å². The molecule has 2 heteroatoms. The highest BCUT2D eigenvalue weighted by Gasteiger charge is 2.55. The molecule has 3 rings (SSSR count). The van der Waals surface area contributed by atoms with Gasteiger partial charge in [-0.15, -0.1) is 0 Å². The van der Waals surface area contributed by atoms with Gasteiger partial charge in [-0.2, -0.15) is 0 Å². The van der Waals surface area contributed by atoms with Crippen LogP contribution in [0, 0.1) is 5.92 Å². The summed E-state index contributed by atoms with van der Waals surface area (Å²) in [6.07, 6.45) is 9.12. The van der Waals surface area contributed by atoms with Crippen molar-refractivity contribution >= 4 is 0 Å². The quantitative estimate of drug-likeness (QED) is 0.622. The molecule has 74 valence electrons. The largest absolute Gasteiger partial charge is 0.365 e. The molecule has 0 unspecified atom stereocenters. The summed E-state index contributed by atoms with van der Waals surface area (Å²) in [6.45, 7) is 0. The molecule has 1 aliphatic carbocycles. The van der Waals surface area contributed by atoms with Gasteiger partial charge in [0.1, 0.15) is 0 Å². The van der Waals surface area contributed by atoms with Crippen LogP contribution in [0.4, 0.5) is 0 Å². The highest BCUT2D eigenvalue weighted by atomic mass is 16.6. The summed E-state index contributed by atoms with van der Waals surface area (Å²) in [7, 11) is 0. The van der Waals surface area contributed by atoms with E-state index in [-0.39, 0.29) is 5.60 Å². The molecule has 1 saturated carbocycles. The van der Waals surface area contributed by atoms with E-state index in [1.54, 1.807) is 0 Å². The maximum absolute atomic E-state index is 10.1. The van der Waals surface area contributed by atoms with Gasteiger partial charge in [0.2, 0.25) is 0 Å². The third-order valence-electron chi connectivity index (χ3n) is 4.35. The van der Waals surface area contributed by atoms with Crippen molar-refractivity contribution in [3.05, 3.63) is 0 Å². The summed E-state index contributed by atoms with van der Waals surface area (Å²) >= 11 is 0. The SMILES string of the molecule is O[C@]12CCC[C@H]3CCC[C@@]3(CC1)O2. The second-order valence-electron chi connectivity index (χ2n) is 5.09. The van der Waals surface area contributed by atoms with E-state index in [2.05, 4.69) is 0 Å². The summed E-state index contributed by atoms with van der Waals surface area (Å²) in [5.74, 6) is 0.0167. The summed E-state index contributed by atoms with van der Waals surface area (Å²) < 4.78 is 5.98. The molecular weight excluding hydrogens is 164 g/mol. The van der Waals surface area contributed by atoms with Crippen LogP contribution in [0.2, 0.25) is 0 Å². The lowest BCUT2D eigenvalue weighted by Gasteiger charge is -2.30. The lowest BCUT2D eigenvalue weighted by molar-refractivity contribution is -0.225. The number of hydrogen-bond acceptors (Lipinski definition) is 2. The van der Waals surface area contributed by atoms with Crippen LogP contribution in [0.25, 0.3) is 0 Å². The van der Waals surface area contributed by atoms with E-state index in [1.807, 2.05) is 0 Å². The number of rotatable bonds is 0. The minimum Gasteiger partial charge on any atom is -0.365 e. The second-order valence-corrected chi connectivity index (χ2v) is 5.09. The van der Waals surface area contributed by atoms with E-state index in [4.69, 9.17) is 4.74 Å². The van der Waals surface area contributed by atoms with E-state index in [0.29, 0.717) is 0 Å². The molecule has 2 aliphatic heterocycles. The predicted octanol–water partition coefficient (Wildman–Crippen LogP) is 2.21. The van der Waals surface area contributed by atoms with Crippen LogP contribution in [0.5, 0.6) is 0 Å². The van der Waals surface area contributed by atoms with Gasteiger partial charge in [-0.25, -0.2) is 0 Å². The molecule has 0 aromatic rings. The number of fused-ring (bicyclic) bond motifs is 1. The molecule has 0 aromatic carbocycles. The Balaban J connectivity index is 1.94. The number of ether oxygens (including phenoxy) is 1. The fourth-order valence-corrected chi connectivity index (χ4v) is 3.67. The molecule has 1 N–H and O–H groups in total. The monoisotopic (exact) mass is 182 g/mol. The first-order chi connectivity index (χ1) is 6.23. The van der Waals surface area contributed by atoms with Crippen LogP contribution in [0.1, 0.15) is 51.4 Å². The molecule has 3 fully saturated rings. The van der Waals surface area contributed by atoms with Gasteiger partial charge >= 0.3 is 0 Å². The normalized spacial score (nSPS) is 54.7. The van der Waals surface area contributed by atoms with E-state index >= 15 is 0 Å². The summed E-state index contributed by atoms with van der Waals surface area (Å²) in [5, 5.41) is 10.1. The van der Waals surface area contributed by atoms with Gasteiger partial charge in [0.25, 0.3) is 0 Å². The van der Waals surface area contributed by atoms with Crippen molar-refractivity contribution in [2.75, 3.05) is 0 Å². The zero-order valence-corrected chi connectivity index (χ0v) is 8.09. The highest BCUT2D eigenvalue weighted by molar-refractivity contribution is 5.02. The molecule has 3 aliphatic rings. The minimum atomic E-state index is -0.737. The molecule has 2 nitrogen and oxygen atoms in total. The first kappa shape index (κ1) is 8.25. The Morgan fingerprint density at radius 2 is 1.77 bits per heavy atom. The smallest absolute Gasteiger partial charge is 0.166 e. The Bertz CT molecular complexity index is 228. The van der Waals surface area contributed by atoms with Gasteiger partial charge in [0.05, 0.1) is 5.60 Å². The molecule has 2 saturated heterocycles. The lowest BCUT2D eigenvalue weighted by Crippen LogP contribution is -2.35. The summed E-state index contributed by atoms with van der Waals surface area (Å²) in [4.78, 5) is 0. The zero-order valence-electron chi connectivity index (χ0n) is 8.09. The zero-order chi connectivity index (χ0) is 8.94. The third kappa shape index (κ3) is 1.08. The highest BCUT2D eigenvalue weighted by Crippen LogP contribution is 2.54. The number of aliphatic hydroxyl groups is 1. The number of hydrogen-bond donors (Lipinski definition) is 1. The molecule has 0 amide bonds. The fourth-order valence-electron chi connectivity index (χ4n) is 3.67. The average Bonchev–Trinajstić information content (AvgIpc) is 2.56. The Hall–Kier alpha value is -0.0800. The van der Waals surface area contributed by atoms with Crippen LogP contribution in [-0.4, -0.2) is 16.5 Å². The second kappa shape index (κ2) is 2.48. The van der Waals surface area contributed by atoms with Crippen LogP contribution < -0.4 is 0 Å². The standard InChI is InChI=1S/C11H18O2/c12-11-6-2-4-9-3-1-5-10(9,13-11)7-8-11/h9,12H,1-8H2/t9-,10+,11+/m1/s1. The lowest BCUT2D eigenvalue weighted by atomic mass is 9.82. The Kier molecular flexibility index (Phi) is 1.58. The Morgan fingerprint density at radius 3 is 2.62 bits per heavy atom. The fraction of sp³-hybridized carbons (Fsp3) is 1.00. The van der Waals surface area contributed by atoms with Crippen LogP contribution in [0.3, 0.4) is 0 Å². The average molecular weight is 182 g/mol. The van der Waals surface area contributed by atoms with E-state index in [0.717, 1.165) is 31.6 Å². The Morgan fingerprint density at radius 1 is 1.00 bits per heavy atom.